The van der Waals surface area contributed by atoms with Gasteiger partial charge in [-0.25, -0.2) is 59.2 Å². The second-order valence-corrected chi connectivity index (χ2v) is 36.5. The molecule has 12 aromatic rings. The maximum atomic E-state index is 14.2. The zero-order chi connectivity index (χ0) is 104. The van der Waals surface area contributed by atoms with Gasteiger partial charge in [0.25, 0.3) is 17.7 Å². The fourth-order valence-electron chi connectivity index (χ4n) is 13.1. The molecule has 145 heavy (non-hydrogen) atoms. The lowest BCUT2D eigenvalue weighted by Crippen LogP contribution is -2.37. The van der Waals surface area contributed by atoms with Crippen molar-refractivity contribution in [3.8, 4) is 63.2 Å². The van der Waals surface area contributed by atoms with Crippen LogP contribution in [-0.4, -0.2) is 237 Å². The van der Waals surface area contributed by atoms with Gasteiger partial charge in [-0.15, -0.1) is 0 Å². The first-order valence-corrected chi connectivity index (χ1v) is 48.2. The van der Waals surface area contributed by atoms with E-state index in [0.29, 0.717) is 129 Å². The molecule has 4 aliphatic rings. The van der Waals surface area contributed by atoms with Crippen LogP contribution in [-0.2, 0) is 28.5 Å². The van der Waals surface area contributed by atoms with E-state index in [2.05, 4.69) is 162 Å². The van der Waals surface area contributed by atoms with Crippen molar-refractivity contribution in [2.75, 3.05) is 176 Å². The minimum atomic E-state index is -0.684. The Morgan fingerprint density at radius 3 is 1.16 bits per heavy atom. The largest absolute Gasteiger partial charge is 0.506 e. The van der Waals surface area contributed by atoms with E-state index in [1.807, 2.05) is 25.1 Å². The predicted octanol–water partition coefficient (Wildman–Crippen LogP) is 18.5. The van der Waals surface area contributed by atoms with Gasteiger partial charge in [0.05, 0.1) is 144 Å². The van der Waals surface area contributed by atoms with Crippen LogP contribution in [0.4, 0.5) is 81.7 Å². The first kappa shape index (κ1) is 109. The molecule has 3 amide bonds. The molecule has 0 bridgehead atoms. The number of carbonyl (C=O) groups excluding carboxylic acids is 3. The monoisotopic (exact) mass is 2390 g/mol. The molecule has 8 aromatic carbocycles. The van der Waals surface area contributed by atoms with E-state index in [1.54, 1.807) is 25.7 Å². The van der Waals surface area contributed by atoms with Crippen LogP contribution in [0, 0.1) is 30.2 Å². The Bertz CT molecular complexity index is 6880. The van der Waals surface area contributed by atoms with Crippen LogP contribution >= 0.6 is 145 Å². The standard InChI is InChI=1S/C24H23BrClFN6O4.C23H20BrCl2FN6O5.C22H18BrCl2FN6O4.C21H17BrCl2FN5O4/c1-14-4-2-3-5-18(14)30-19(34)13-37-22-16(25)10-15(21(35)20(22)26)11-29-32-24-28-12-17(27)23(31-24)33-6-8-36-9-7-33;24-13-7-14(25)21(36)16(8-13)30-18(34)11-38-17-2-1-12(20(35)19(17)26)9-29-32-23-28-10-15(27)22(31-23)33-3-5-37-6-4-33;23-12-7-14(24)19(34)16(8-12)29-21(35)13-2-1-11(18(33)17(13)25)9-28-31-22-27-10-15(26)20(30-22)32-3-5-36-6-4-32;22-12-7-13(23)19(32)16(8-12)34-15-2-1-11(18(31)17(15)24)9-27-29-21-26-10-14(25)20(28-21)30-3-5-33-6-4-30/h2-5,10-12,35H,6-9,13H2,1H3,(H,30,34)(H,28,31,32);1-2,7-10,35-36H,3-6,11H2,(H,30,34)(H,28,31,32);1-2,7-10,33-34H,3-6H2,(H,29,35)(H,27,30,31);1-2,7-10,31-32H,3-6H2,(H,26,28,29)/b29-11-;29-9-;28-9-;27-9-. The normalized spacial score (nSPS) is 13.7. The lowest BCUT2D eigenvalue weighted by atomic mass is 10.1. The summed E-state index contributed by atoms with van der Waals surface area (Å²) in [6.07, 6.45) is 9.28. The van der Waals surface area contributed by atoms with Gasteiger partial charge >= 0.3 is 0 Å². The van der Waals surface area contributed by atoms with Crippen molar-refractivity contribution in [2.24, 2.45) is 20.4 Å². The van der Waals surface area contributed by atoms with Gasteiger partial charge in [0.2, 0.25) is 23.8 Å². The van der Waals surface area contributed by atoms with Gasteiger partial charge in [0.1, 0.15) is 49.6 Å². The summed E-state index contributed by atoms with van der Waals surface area (Å²) in [7, 11) is 0. The number of aromatic hydroxyl groups is 7. The number of ether oxygens (including phenoxy) is 7. The molecule has 0 saturated carbocycles. The molecule has 0 radical (unpaired) electrons. The van der Waals surface area contributed by atoms with E-state index in [1.165, 1.54) is 104 Å². The summed E-state index contributed by atoms with van der Waals surface area (Å²) in [4.78, 5) is 76.4. The van der Waals surface area contributed by atoms with Gasteiger partial charge in [-0.05, 0) is 113 Å². The number of hydrogen-bond acceptors (Lipinski definition) is 37. The molecule has 4 fully saturated rings. The van der Waals surface area contributed by atoms with Crippen LogP contribution in [0.5, 0.6) is 63.2 Å². The number of phenols is 7. The number of hydrazone groups is 4. The number of aryl methyl sites for hydroxylation is 1. The number of anilines is 11. The van der Waals surface area contributed by atoms with Crippen molar-refractivity contribution in [3.63, 3.8) is 0 Å². The minimum Gasteiger partial charge on any atom is -0.506 e. The van der Waals surface area contributed by atoms with E-state index in [9.17, 15) is 67.7 Å². The summed E-state index contributed by atoms with van der Waals surface area (Å²) < 4.78 is 96.4. The summed E-state index contributed by atoms with van der Waals surface area (Å²) in [5, 5.41) is 95.3. The van der Waals surface area contributed by atoms with Gasteiger partial charge in [-0.2, -0.15) is 40.3 Å². The zero-order valence-electron chi connectivity index (χ0n) is 74.7. The number of nitrogens with zero attached hydrogens (tertiary/aromatic N) is 16. The Kier molecular flexibility index (Phi) is 39.4. The number of para-hydroxylation sites is 1. The predicted molar refractivity (Wildman–Crippen MR) is 555 cm³/mol. The maximum absolute atomic E-state index is 14.2. The molecule has 4 aromatic heterocycles. The molecule has 8 heterocycles. The van der Waals surface area contributed by atoms with Crippen LogP contribution < -0.4 is 71.5 Å². The van der Waals surface area contributed by atoms with E-state index in [-0.39, 0.29) is 191 Å². The number of amides is 3. The van der Waals surface area contributed by atoms with Crippen molar-refractivity contribution in [3.05, 3.63) is 238 Å². The number of morpholine rings is 4. The third kappa shape index (κ3) is 29.7. The third-order valence-corrected chi connectivity index (χ3v) is 24.6. The van der Waals surface area contributed by atoms with Gasteiger partial charge in [0, 0.05) is 93.7 Å². The van der Waals surface area contributed by atoms with Gasteiger partial charge in [-0.1, -0.05) is 147 Å². The third-order valence-electron chi connectivity index (χ3n) is 20.3. The van der Waals surface area contributed by atoms with Crippen molar-refractivity contribution < 1.29 is 101 Å². The lowest BCUT2D eigenvalue weighted by molar-refractivity contribution is -0.118. The van der Waals surface area contributed by atoms with Crippen molar-refractivity contribution >= 4 is 252 Å². The number of aromatic nitrogens is 8. The van der Waals surface area contributed by atoms with Gasteiger partial charge < -0.3 is 104 Å². The zero-order valence-corrected chi connectivity index (χ0v) is 86.3. The molecule has 16 rings (SSSR count). The molecule has 0 spiro atoms. The Labute approximate surface area is 889 Å². The van der Waals surface area contributed by atoms with Crippen LogP contribution in [0.1, 0.15) is 38.2 Å². The molecule has 4 saturated heterocycles. The Hall–Kier alpha value is -12.9. The number of carbonyl (C=O) groups is 3. The van der Waals surface area contributed by atoms with Crippen LogP contribution in [0.15, 0.2) is 166 Å². The summed E-state index contributed by atoms with van der Waals surface area (Å²) in [6.45, 7) is 8.95. The molecular formula is C90H78Br4Cl7F4N23O17. The van der Waals surface area contributed by atoms with E-state index >= 15 is 0 Å². The maximum Gasteiger partial charge on any atom is 0.262 e. The highest BCUT2D eigenvalue weighted by atomic mass is 79.9. The number of halogens is 15. The lowest BCUT2D eigenvalue weighted by Gasteiger charge is -2.27. The van der Waals surface area contributed by atoms with Crippen molar-refractivity contribution in [2.45, 2.75) is 6.92 Å². The van der Waals surface area contributed by atoms with Gasteiger partial charge in [0.15, 0.2) is 88.5 Å². The quantitative estimate of drug-likeness (QED) is 0.00937. The van der Waals surface area contributed by atoms with E-state index < -0.39 is 47.4 Å². The Balaban J connectivity index is 0.000000162. The van der Waals surface area contributed by atoms with Gasteiger partial charge in [-0.3, -0.25) is 14.4 Å². The second kappa shape index (κ2) is 52.2. The first-order chi connectivity index (χ1) is 69.6. The SMILES string of the molecule is Cc1ccccc1NC(=O)COc1c(Br)cc(/C=N\Nc2ncc(F)c(N3CCOCC3)n2)c(O)c1Cl.O=C(COc1ccc(/C=N\Nc2ncc(F)c(N3CCOCC3)n2)c(O)c1Cl)Nc1cc(Br)cc(Cl)c1O.O=C(Nc1cc(Br)cc(Cl)c1O)c1ccc(/C=N\Nc2ncc(F)c(N3CCOCC3)n2)c(O)c1Cl.Oc1c(Cl)cc(Br)cc1Oc1ccc(/C=N\Nc2ncc(F)c(N3CCOCC3)n2)c(O)c1Cl. The summed E-state index contributed by atoms with van der Waals surface area (Å²) >= 11 is 55.7. The number of rotatable bonds is 28. The molecule has 0 unspecified atom stereocenters. The highest BCUT2D eigenvalue weighted by molar-refractivity contribution is 9.11. The van der Waals surface area contributed by atoms with Crippen molar-refractivity contribution in [1.82, 2.24) is 39.9 Å². The number of benzene rings is 8. The fraction of sp³-hybridized carbons (Fsp3) is 0.211. The molecule has 760 valence electrons. The summed E-state index contributed by atoms with van der Waals surface area (Å²) in [5.41, 5.74) is 13.0. The van der Waals surface area contributed by atoms with E-state index in [0.717, 1.165) is 30.4 Å². The minimum absolute atomic E-state index is 0.0369. The molecule has 0 aliphatic carbocycles. The summed E-state index contributed by atoms with van der Waals surface area (Å²) in [5.74, 6) is -5.05. The molecule has 40 nitrogen and oxygen atoms in total. The molecule has 55 heteroatoms. The number of hydrogen-bond donors (Lipinski definition) is 14. The first-order valence-electron chi connectivity index (χ1n) is 42.4. The molecule has 0 atom stereocenters. The molecule has 14 N–H and O–H groups in total. The average Bonchev–Trinajstić information content (AvgIpc) is 0.811. The molecular weight excluding hydrogens is 2320 g/mol. The summed E-state index contributed by atoms with van der Waals surface area (Å²) in [6, 6.07) is 26.4. The highest BCUT2D eigenvalue weighted by Gasteiger charge is 2.28. The van der Waals surface area contributed by atoms with E-state index in [4.69, 9.17) is 114 Å². The number of phenolic OH excluding ortho intramolecular Hbond substituents is 7. The Morgan fingerprint density at radius 1 is 0.393 bits per heavy atom. The average molecular weight is 2400 g/mol. The van der Waals surface area contributed by atoms with Crippen LogP contribution in [0.2, 0.25) is 35.2 Å². The van der Waals surface area contributed by atoms with Crippen LogP contribution in [0.3, 0.4) is 0 Å². The molecule has 4 aliphatic heterocycles. The second-order valence-electron chi connectivity index (χ2n) is 30.1. The van der Waals surface area contributed by atoms with Crippen LogP contribution in [0.25, 0.3) is 0 Å². The number of nitrogens with one attached hydrogen (secondary N) is 7. The Morgan fingerprint density at radius 2 is 0.738 bits per heavy atom. The van der Waals surface area contributed by atoms with Crippen molar-refractivity contribution in [1.29, 1.82) is 0 Å². The smallest absolute Gasteiger partial charge is 0.262 e. The topological polar surface area (TPSA) is 507 Å². The fourth-order valence-corrected chi connectivity index (χ4v) is 17.1. The highest BCUT2D eigenvalue weighted by Crippen LogP contribution is 2.47.